The van der Waals surface area contributed by atoms with Crippen LogP contribution >= 0.6 is 0 Å². The maximum Gasteiger partial charge on any atom is 0.244 e. The molecule has 0 spiro atoms. The van der Waals surface area contributed by atoms with Gasteiger partial charge in [-0.1, -0.05) is 0 Å². The van der Waals surface area contributed by atoms with E-state index in [0.717, 1.165) is 19.3 Å². The summed E-state index contributed by atoms with van der Waals surface area (Å²) >= 11 is 0. The number of halogens is 1. The molecule has 102 valence electrons. The van der Waals surface area contributed by atoms with Crippen molar-refractivity contribution in [2.75, 3.05) is 18.6 Å². The maximum absolute atomic E-state index is 13.9. The molecule has 1 atom stereocenters. The Morgan fingerprint density at radius 2 is 2.16 bits per heavy atom. The molecule has 1 unspecified atom stereocenters. The van der Waals surface area contributed by atoms with Gasteiger partial charge in [0.15, 0.2) is 0 Å². The van der Waals surface area contributed by atoms with E-state index in [9.17, 15) is 9.18 Å². The summed E-state index contributed by atoms with van der Waals surface area (Å²) in [6, 6.07) is 4.77. The second-order valence-electron chi connectivity index (χ2n) is 5.09. The molecule has 1 heterocycles. The first kappa shape index (κ1) is 12.4. The van der Waals surface area contributed by atoms with E-state index in [2.05, 4.69) is 5.32 Å². The summed E-state index contributed by atoms with van der Waals surface area (Å²) < 4.78 is 18.9. The van der Waals surface area contributed by atoms with Crippen molar-refractivity contribution in [2.24, 2.45) is 0 Å². The number of rotatable bonds is 4. The van der Waals surface area contributed by atoms with Crippen LogP contribution < -0.4 is 15.0 Å². The van der Waals surface area contributed by atoms with Gasteiger partial charge in [0, 0.05) is 18.7 Å². The monoisotopic (exact) mass is 264 g/mol. The van der Waals surface area contributed by atoms with E-state index in [4.69, 9.17) is 4.74 Å². The summed E-state index contributed by atoms with van der Waals surface area (Å²) in [5, 5.41) is 3.31. The molecule has 1 aliphatic heterocycles. The van der Waals surface area contributed by atoms with E-state index >= 15 is 0 Å². The normalized spacial score (nSPS) is 22.9. The van der Waals surface area contributed by atoms with Gasteiger partial charge >= 0.3 is 0 Å². The van der Waals surface area contributed by atoms with Crippen LogP contribution in [0.1, 0.15) is 19.3 Å². The topological polar surface area (TPSA) is 41.6 Å². The van der Waals surface area contributed by atoms with Gasteiger partial charge in [0.1, 0.15) is 11.6 Å². The molecule has 1 aliphatic carbocycles. The summed E-state index contributed by atoms with van der Waals surface area (Å²) in [6.45, 7) is 0.549. The van der Waals surface area contributed by atoms with Crippen LogP contribution in [0.4, 0.5) is 10.1 Å². The molecular formula is C14H17FN2O2. The van der Waals surface area contributed by atoms with Crippen molar-refractivity contribution in [2.45, 2.75) is 31.3 Å². The Hall–Kier alpha value is -1.62. The molecule has 19 heavy (non-hydrogen) atoms. The average molecular weight is 264 g/mol. The van der Waals surface area contributed by atoms with Crippen LogP contribution in [0.5, 0.6) is 5.75 Å². The van der Waals surface area contributed by atoms with Gasteiger partial charge in [0.2, 0.25) is 5.91 Å². The predicted molar refractivity (Wildman–Crippen MR) is 69.9 cm³/mol. The molecular weight excluding hydrogens is 247 g/mol. The largest absolute Gasteiger partial charge is 0.497 e. The molecule has 1 saturated heterocycles. The van der Waals surface area contributed by atoms with Crippen LogP contribution in [0, 0.1) is 5.82 Å². The van der Waals surface area contributed by atoms with Gasteiger partial charge in [0.05, 0.1) is 18.8 Å². The zero-order valence-electron chi connectivity index (χ0n) is 10.9. The van der Waals surface area contributed by atoms with Crippen molar-refractivity contribution < 1.29 is 13.9 Å². The quantitative estimate of drug-likeness (QED) is 0.900. The fourth-order valence-corrected chi connectivity index (χ4v) is 2.43. The lowest BCUT2D eigenvalue weighted by atomic mass is 10.2. The number of hydrogen-bond donors (Lipinski definition) is 1. The summed E-state index contributed by atoms with van der Waals surface area (Å²) in [7, 11) is 1.53. The Bertz CT molecular complexity index is 502. The highest BCUT2D eigenvalue weighted by atomic mass is 19.1. The molecule has 0 radical (unpaired) electrons. The van der Waals surface area contributed by atoms with E-state index in [-0.39, 0.29) is 17.8 Å². The summed E-state index contributed by atoms with van der Waals surface area (Å²) in [6.07, 6.45) is 3.00. The highest BCUT2D eigenvalue weighted by Crippen LogP contribution is 2.30. The van der Waals surface area contributed by atoms with E-state index in [1.165, 1.54) is 18.1 Å². The van der Waals surface area contributed by atoms with Crippen LogP contribution in [0.2, 0.25) is 0 Å². The number of anilines is 1. The van der Waals surface area contributed by atoms with Gasteiger partial charge in [-0.05, 0) is 31.4 Å². The zero-order valence-corrected chi connectivity index (χ0v) is 10.9. The van der Waals surface area contributed by atoms with Crippen LogP contribution in [0.15, 0.2) is 18.2 Å². The average Bonchev–Trinajstić information content (AvgIpc) is 3.16. The smallest absolute Gasteiger partial charge is 0.244 e. The van der Waals surface area contributed by atoms with Gasteiger partial charge < -0.3 is 15.0 Å². The minimum absolute atomic E-state index is 0.0425. The van der Waals surface area contributed by atoms with E-state index in [1.54, 1.807) is 12.1 Å². The number of nitrogens with one attached hydrogen (secondary N) is 1. The summed E-state index contributed by atoms with van der Waals surface area (Å²) in [5.41, 5.74) is 0.310. The Kier molecular flexibility index (Phi) is 3.14. The molecule has 3 rings (SSSR count). The van der Waals surface area contributed by atoms with Crippen molar-refractivity contribution in [1.29, 1.82) is 0 Å². The Morgan fingerprint density at radius 1 is 1.37 bits per heavy atom. The number of nitrogens with zero attached hydrogens (tertiary/aromatic N) is 1. The fraction of sp³-hybridized carbons (Fsp3) is 0.500. The molecule has 1 N–H and O–H groups in total. The molecule has 0 aromatic heterocycles. The van der Waals surface area contributed by atoms with Crippen molar-refractivity contribution in [3.63, 3.8) is 0 Å². The third kappa shape index (κ3) is 2.42. The lowest BCUT2D eigenvalue weighted by molar-refractivity contribution is -0.118. The molecule has 2 aliphatic rings. The fourth-order valence-electron chi connectivity index (χ4n) is 2.43. The standard InChI is InChI=1S/C14H17FN2O2/c1-19-10-4-5-11(15)13(8-10)17-7-6-12(14(17)18)16-9-2-3-9/h4-5,8-9,12,16H,2-3,6-7H2,1H3. The van der Waals surface area contributed by atoms with Crippen LogP contribution in [0.25, 0.3) is 0 Å². The van der Waals surface area contributed by atoms with Gasteiger partial charge in [0.25, 0.3) is 0 Å². The summed E-state index contributed by atoms with van der Waals surface area (Å²) in [5.74, 6) is 0.128. The number of amides is 1. The van der Waals surface area contributed by atoms with Gasteiger partial charge in [-0.3, -0.25) is 4.79 Å². The van der Waals surface area contributed by atoms with Gasteiger partial charge in [-0.2, -0.15) is 0 Å². The first-order valence-electron chi connectivity index (χ1n) is 6.60. The van der Waals surface area contributed by atoms with E-state index < -0.39 is 0 Å². The number of carbonyl (C=O) groups excluding carboxylic acids is 1. The highest BCUT2D eigenvalue weighted by Gasteiger charge is 2.37. The van der Waals surface area contributed by atoms with Crippen LogP contribution in [-0.4, -0.2) is 31.6 Å². The van der Waals surface area contributed by atoms with Crippen LogP contribution in [0.3, 0.4) is 0 Å². The second kappa shape index (κ2) is 4.81. The summed E-state index contributed by atoms with van der Waals surface area (Å²) in [4.78, 5) is 13.8. The first-order valence-corrected chi connectivity index (χ1v) is 6.60. The molecule has 1 aromatic carbocycles. The van der Waals surface area contributed by atoms with Crippen LogP contribution in [-0.2, 0) is 4.79 Å². The maximum atomic E-state index is 13.9. The lowest BCUT2D eigenvalue weighted by Gasteiger charge is -2.18. The number of ether oxygens (including phenoxy) is 1. The molecule has 5 heteroatoms. The second-order valence-corrected chi connectivity index (χ2v) is 5.09. The number of methoxy groups -OCH3 is 1. The SMILES string of the molecule is COc1ccc(F)c(N2CCC(NC3CC3)C2=O)c1. The van der Waals surface area contributed by atoms with Crippen molar-refractivity contribution in [3.05, 3.63) is 24.0 Å². The minimum Gasteiger partial charge on any atom is -0.497 e. The molecule has 4 nitrogen and oxygen atoms in total. The van der Waals surface area contributed by atoms with Gasteiger partial charge in [-0.15, -0.1) is 0 Å². The molecule has 2 fully saturated rings. The molecule has 1 saturated carbocycles. The molecule has 1 aromatic rings. The number of hydrogen-bond acceptors (Lipinski definition) is 3. The van der Waals surface area contributed by atoms with Crippen molar-refractivity contribution >= 4 is 11.6 Å². The first-order chi connectivity index (χ1) is 9.19. The Labute approximate surface area is 111 Å². The lowest BCUT2D eigenvalue weighted by Crippen LogP contribution is -2.39. The predicted octanol–water partition coefficient (Wildman–Crippen LogP) is 1.69. The third-order valence-electron chi connectivity index (χ3n) is 3.66. The molecule has 1 amide bonds. The Morgan fingerprint density at radius 3 is 2.84 bits per heavy atom. The Balaban J connectivity index is 1.80. The minimum atomic E-state index is -0.388. The molecule has 0 bridgehead atoms. The number of benzene rings is 1. The zero-order chi connectivity index (χ0) is 13.4. The van der Waals surface area contributed by atoms with Crippen molar-refractivity contribution in [3.8, 4) is 5.75 Å². The van der Waals surface area contributed by atoms with Gasteiger partial charge in [-0.25, -0.2) is 4.39 Å². The third-order valence-corrected chi connectivity index (χ3v) is 3.66. The van der Waals surface area contributed by atoms with E-state index in [1.807, 2.05) is 0 Å². The van der Waals surface area contributed by atoms with E-state index in [0.29, 0.717) is 24.0 Å². The number of carbonyl (C=O) groups is 1. The van der Waals surface area contributed by atoms with Crippen molar-refractivity contribution in [1.82, 2.24) is 5.32 Å². The highest BCUT2D eigenvalue weighted by molar-refractivity contribution is 5.99.